The van der Waals surface area contributed by atoms with Gasteiger partial charge in [0.15, 0.2) is 5.13 Å². The molecule has 7 heteroatoms. The van der Waals surface area contributed by atoms with Gasteiger partial charge in [0.1, 0.15) is 11.5 Å². The van der Waals surface area contributed by atoms with Crippen LogP contribution >= 0.6 is 11.3 Å². The smallest absolute Gasteiger partial charge is 0.301 e. The van der Waals surface area contributed by atoms with Crippen LogP contribution in [0.1, 0.15) is 33.9 Å². The van der Waals surface area contributed by atoms with Gasteiger partial charge in [0.25, 0.3) is 5.78 Å². The number of nitrogens with zero attached hydrogens (tertiary/aromatic N) is 2. The summed E-state index contributed by atoms with van der Waals surface area (Å²) in [5, 5.41) is 21.9. The van der Waals surface area contributed by atoms with Gasteiger partial charge in [0.2, 0.25) is 0 Å². The number of phenolic OH excluding ortho intramolecular Hbond substituents is 1. The molecule has 1 saturated heterocycles. The van der Waals surface area contributed by atoms with Crippen molar-refractivity contribution in [3.63, 3.8) is 0 Å². The second-order valence-corrected chi connectivity index (χ2v) is 9.56. The highest BCUT2D eigenvalue weighted by molar-refractivity contribution is 7.22. The fourth-order valence-electron chi connectivity index (χ4n) is 4.30. The maximum Gasteiger partial charge on any atom is 0.301 e. The van der Waals surface area contributed by atoms with Gasteiger partial charge in [-0.3, -0.25) is 14.5 Å². The van der Waals surface area contributed by atoms with Crippen molar-refractivity contribution in [2.24, 2.45) is 0 Å². The molecule has 0 bridgehead atoms. The van der Waals surface area contributed by atoms with E-state index in [1.165, 1.54) is 28.4 Å². The van der Waals surface area contributed by atoms with Crippen LogP contribution in [-0.2, 0) is 9.59 Å². The number of aliphatic hydroxyl groups excluding tert-OH is 1. The number of aliphatic hydroxyl groups is 1. The Bertz CT molecular complexity index is 1520. The summed E-state index contributed by atoms with van der Waals surface area (Å²) in [6.07, 6.45) is 0. The summed E-state index contributed by atoms with van der Waals surface area (Å²) in [5.41, 5.74) is 4.43. The Balaban J connectivity index is 1.77. The van der Waals surface area contributed by atoms with E-state index in [2.05, 4.69) is 4.98 Å². The molecule has 1 aliphatic rings. The minimum Gasteiger partial charge on any atom is -0.508 e. The third kappa shape index (κ3) is 3.54. The third-order valence-electron chi connectivity index (χ3n) is 6.02. The molecule has 4 aromatic rings. The molecule has 1 unspecified atom stereocenters. The number of carbonyl (C=O) groups excluding carboxylic acids is 2. The van der Waals surface area contributed by atoms with Gasteiger partial charge < -0.3 is 10.2 Å². The summed E-state index contributed by atoms with van der Waals surface area (Å²) < 4.78 is 0.890. The molecule has 1 fully saturated rings. The van der Waals surface area contributed by atoms with Gasteiger partial charge in [0, 0.05) is 5.56 Å². The number of benzene rings is 3. The molecule has 5 rings (SSSR count). The second kappa shape index (κ2) is 8.11. The summed E-state index contributed by atoms with van der Waals surface area (Å²) >= 11 is 1.31. The van der Waals surface area contributed by atoms with Crippen molar-refractivity contribution < 1.29 is 19.8 Å². The molecule has 0 aliphatic carbocycles. The molecule has 1 amide bonds. The van der Waals surface area contributed by atoms with E-state index in [1.54, 1.807) is 18.2 Å². The highest BCUT2D eigenvalue weighted by atomic mass is 32.1. The van der Waals surface area contributed by atoms with Crippen LogP contribution < -0.4 is 4.90 Å². The zero-order valence-electron chi connectivity index (χ0n) is 18.9. The van der Waals surface area contributed by atoms with Gasteiger partial charge in [-0.25, -0.2) is 4.98 Å². The van der Waals surface area contributed by atoms with Crippen molar-refractivity contribution in [1.82, 2.24) is 4.98 Å². The molecule has 6 nitrogen and oxygen atoms in total. The van der Waals surface area contributed by atoms with Crippen LogP contribution in [-0.4, -0.2) is 26.9 Å². The van der Waals surface area contributed by atoms with Crippen LogP contribution in [0.5, 0.6) is 5.75 Å². The first-order valence-electron chi connectivity index (χ1n) is 10.8. The first-order chi connectivity index (χ1) is 16.2. The fraction of sp³-hybridized carbons (Fsp3) is 0.148. The van der Waals surface area contributed by atoms with E-state index in [0.717, 1.165) is 26.9 Å². The molecule has 170 valence electrons. The molecule has 2 heterocycles. The highest BCUT2D eigenvalue weighted by Gasteiger charge is 2.48. The molecule has 34 heavy (non-hydrogen) atoms. The minimum atomic E-state index is -0.936. The van der Waals surface area contributed by atoms with E-state index in [4.69, 9.17) is 0 Å². The van der Waals surface area contributed by atoms with Crippen molar-refractivity contribution in [1.29, 1.82) is 0 Å². The van der Waals surface area contributed by atoms with Crippen LogP contribution in [0.4, 0.5) is 5.13 Å². The lowest BCUT2D eigenvalue weighted by atomic mass is 9.93. The number of ketones is 1. The quantitative estimate of drug-likeness (QED) is 0.233. The van der Waals surface area contributed by atoms with E-state index in [-0.39, 0.29) is 17.1 Å². The van der Waals surface area contributed by atoms with Crippen LogP contribution in [0.25, 0.3) is 16.0 Å². The number of aromatic hydroxyl groups is 1. The number of carbonyl (C=O) groups is 2. The van der Waals surface area contributed by atoms with E-state index < -0.39 is 17.7 Å². The lowest BCUT2D eigenvalue weighted by molar-refractivity contribution is -0.132. The number of hydrogen-bond donors (Lipinski definition) is 2. The van der Waals surface area contributed by atoms with Crippen molar-refractivity contribution in [3.8, 4) is 5.75 Å². The molecule has 2 N–H and O–H groups in total. The molecule has 1 aliphatic heterocycles. The Morgan fingerprint density at radius 3 is 2.47 bits per heavy atom. The van der Waals surface area contributed by atoms with Gasteiger partial charge in [-0.05, 0) is 67.8 Å². The van der Waals surface area contributed by atoms with E-state index >= 15 is 0 Å². The Kier molecular flexibility index (Phi) is 5.21. The molecule has 0 radical (unpaired) electrons. The predicted octanol–water partition coefficient (Wildman–Crippen LogP) is 5.55. The number of Topliss-reactive ketones (excluding diaryl/α,β-unsaturated/α-hetero) is 1. The Hall–Kier alpha value is -3.97. The lowest BCUT2D eigenvalue weighted by Crippen LogP contribution is -2.29. The van der Waals surface area contributed by atoms with E-state index in [0.29, 0.717) is 16.3 Å². The van der Waals surface area contributed by atoms with Crippen LogP contribution in [0, 0.1) is 20.8 Å². The average molecular weight is 471 g/mol. The molecule has 1 aromatic heterocycles. The standard InChI is InChI=1S/C27H22N2O4S/c1-14-7-9-16(3)19(11-14)24(31)22-23(17-5-4-6-18(30)13-17)29(26(33)25(22)32)27-28-20-10-8-15(2)12-21(20)34-27/h4-13,23,30-31H,1-3H3/b24-22+. The number of amides is 1. The summed E-state index contributed by atoms with van der Waals surface area (Å²) in [5.74, 6) is -1.81. The van der Waals surface area contributed by atoms with Crippen molar-refractivity contribution in [3.05, 3.63) is 94.1 Å². The number of fused-ring (bicyclic) bond motifs is 1. The maximum absolute atomic E-state index is 13.4. The number of aryl methyl sites for hydroxylation is 3. The Morgan fingerprint density at radius 2 is 1.71 bits per heavy atom. The van der Waals surface area contributed by atoms with Crippen LogP contribution in [0.3, 0.4) is 0 Å². The first kappa shape index (κ1) is 21.9. The zero-order chi connectivity index (χ0) is 24.1. The summed E-state index contributed by atoms with van der Waals surface area (Å²) in [4.78, 5) is 32.6. The van der Waals surface area contributed by atoms with Crippen molar-refractivity contribution in [2.75, 3.05) is 4.90 Å². The largest absolute Gasteiger partial charge is 0.508 e. The molecule has 0 spiro atoms. The number of rotatable bonds is 3. The van der Waals surface area contributed by atoms with Gasteiger partial charge in [-0.1, -0.05) is 47.2 Å². The first-order valence-corrected chi connectivity index (χ1v) is 11.6. The van der Waals surface area contributed by atoms with Gasteiger partial charge in [-0.15, -0.1) is 0 Å². The Labute approximate surface area is 200 Å². The third-order valence-corrected chi connectivity index (χ3v) is 7.03. The average Bonchev–Trinajstić information content (AvgIpc) is 3.33. The summed E-state index contributed by atoms with van der Waals surface area (Å²) in [6.45, 7) is 5.70. The SMILES string of the molecule is Cc1ccc(C)c(/C(O)=C2\C(=O)C(=O)N(c3nc4ccc(C)cc4s3)C2c2cccc(O)c2)c1. The molecule has 0 saturated carbocycles. The lowest BCUT2D eigenvalue weighted by Gasteiger charge is -2.23. The van der Waals surface area contributed by atoms with Crippen molar-refractivity contribution >= 4 is 44.1 Å². The predicted molar refractivity (Wildman–Crippen MR) is 133 cm³/mol. The van der Waals surface area contributed by atoms with E-state index in [9.17, 15) is 19.8 Å². The number of thiazole rings is 1. The zero-order valence-corrected chi connectivity index (χ0v) is 19.7. The maximum atomic E-state index is 13.4. The normalized spacial score (nSPS) is 17.6. The fourth-order valence-corrected chi connectivity index (χ4v) is 5.39. The Morgan fingerprint density at radius 1 is 0.971 bits per heavy atom. The molecular formula is C27H22N2O4S. The number of hydrogen-bond acceptors (Lipinski definition) is 6. The summed E-state index contributed by atoms with van der Waals surface area (Å²) in [7, 11) is 0. The van der Waals surface area contributed by atoms with Crippen LogP contribution in [0.2, 0.25) is 0 Å². The molecule has 1 atom stereocenters. The minimum absolute atomic E-state index is 0.00486. The highest BCUT2D eigenvalue weighted by Crippen LogP contribution is 2.45. The number of phenols is 1. The molecular weight excluding hydrogens is 448 g/mol. The van der Waals surface area contributed by atoms with Gasteiger partial charge in [0.05, 0.1) is 21.8 Å². The van der Waals surface area contributed by atoms with E-state index in [1.807, 2.05) is 51.1 Å². The van der Waals surface area contributed by atoms with Crippen molar-refractivity contribution in [2.45, 2.75) is 26.8 Å². The number of anilines is 1. The topological polar surface area (TPSA) is 90.7 Å². The monoisotopic (exact) mass is 470 g/mol. The number of aromatic nitrogens is 1. The summed E-state index contributed by atoms with van der Waals surface area (Å²) in [6, 6.07) is 16.8. The van der Waals surface area contributed by atoms with Gasteiger partial charge >= 0.3 is 5.91 Å². The van der Waals surface area contributed by atoms with Crippen LogP contribution in [0.15, 0.2) is 66.2 Å². The van der Waals surface area contributed by atoms with Gasteiger partial charge in [-0.2, -0.15) is 0 Å². The molecule has 3 aromatic carbocycles. The second-order valence-electron chi connectivity index (χ2n) is 8.55.